The van der Waals surface area contributed by atoms with E-state index in [9.17, 15) is 9.50 Å². The molecule has 3 rings (SSSR count). The van der Waals surface area contributed by atoms with Crippen molar-refractivity contribution in [2.24, 2.45) is 0 Å². The quantitative estimate of drug-likeness (QED) is 0.149. The van der Waals surface area contributed by atoms with E-state index >= 15 is 0 Å². The second-order valence-corrected chi connectivity index (χ2v) is 10.4. The Kier molecular flexibility index (Phi) is 9.72. The lowest BCUT2D eigenvalue weighted by molar-refractivity contribution is 0.0247. The van der Waals surface area contributed by atoms with Crippen LogP contribution in [0.4, 0.5) is 21.7 Å². The van der Waals surface area contributed by atoms with Crippen molar-refractivity contribution in [2.75, 3.05) is 42.5 Å². The molecule has 0 aliphatic carbocycles. The second kappa shape index (κ2) is 12.6. The summed E-state index contributed by atoms with van der Waals surface area (Å²) in [4.78, 5) is 11.5. The van der Waals surface area contributed by atoms with Crippen molar-refractivity contribution >= 4 is 46.6 Å². The van der Waals surface area contributed by atoms with Gasteiger partial charge in [-0.15, -0.1) is 0 Å². The van der Waals surface area contributed by atoms with Gasteiger partial charge >= 0.3 is 0 Å². The molecule has 1 atom stereocenters. The highest BCUT2D eigenvalue weighted by atomic mass is 35.5. The van der Waals surface area contributed by atoms with E-state index in [0.717, 1.165) is 23.2 Å². The number of benzene rings is 2. The number of halogens is 2. The first-order valence-corrected chi connectivity index (χ1v) is 13.0. The second-order valence-electron chi connectivity index (χ2n) is 9.15. The van der Waals surface area contributed by atoms with Crippen LogP contribution in [-0.2, 0) is 0 Å². The number of aromatic nitrogens is 2. The Morgan fingerprint density at radius 3 is 2.59 bits per heavy atom. The van der Waals surface area contributed by atoms with Crippen LogP contribution >= 0.6 is 23.5 Å². The summed E-state index contributed by atoms with van der Waals surface area (Å²) in [6.07, 6.45) is 0.665. The highest BCUT2D eigenvalue weighted by Gasteiger charge is 2.20. The molecular weight excluding hydrogens is 513 g/mol. The van der Waals surface area contributed by atoms with Gasteiger partial charge in [-0.25, -0.2) is 14.4 Å². The van der Waals surface area contributed by atoms with E-state index in [1.165, 1.54) is 12.1 Å². The van der Waals surface area contributed by atoms with Gasteiger partial charge < -0.3 is 31.2 Å². The van der Waals surface area contributed by atoms with Crippen molar-refractivity contribution in [3.63, 3.8) is 0 Å². The van der Waals surface area contributed by atoms with Crippen molar-refractivity contribution in [1.82, 2.24) is 14.9 Å². The third kappa shape index (κ3) is 8.03. The minimum atomic E-state index is -0.750. The van der Waals surface area contributed by atoms with Crippen molar-refractivity contribution < 1.29 is 9.50 Å². The molecule has 1 heterocycles. The highest BCUT2D eigenvalue weighted by molar-refractivity contribution is 8.00. The van der Waals surface area contributed by atoms with E-state index in [0.29, 0.717) is 53.2 Å². The number of rotatable bonds is 12. The molecule has 37 heavy (non-hydrogen) atoms. The lowest BCUT2D eigenvalue weighted by Crippen LogP contribution is -2.40. The molecule has 11 heteroatoms. The molecule has 0 saturated heterocycles. The molecule has 0 radical (unpaired) electrons. The maximum absolute atomic E-state index is 14.0. The minimum absolute atomic E-state index is 0.219. The molecule has 1 aromatic heterocycles. The molecule has 2 aromatic carbocycles. The van der Waals surface area contributed by atoms with E-state index in [1.807, 2.05) is 50.1 Å². The zero-order chi connectivity index (χ0) is 27.2. The summed E-state index contributed by atoms with van der Waals surface area (Å²) in [6, 6.07) is 11.7. The Labute approximate surface area is 226 Å². The molecule has 0 aliphatic rings. The van der Waals surface area contributed by atoms with Crippen LogP contribution in [0.2, 0.25) is 5.02 Å². The van der Waals surface area contributed by atoms with Crippen molar-refractivity contribution in [1.29, 1.82) is 5.41 Å². The van der Waals surface area contributed by atoms with Crippen LogP contribution in [0.1, 0.15) is 32.8 Å². The lowest BCUT2D eigenvalue weighted by atomic mass is 10.0. The van der Waals surface area contributed by atoms with Crippen LogP contribution in [-0.4, -0.2) is 58.0 Å². The number of hydrogen-bond donors (Lipinski definition) is 5. The van der Waals surface area contributed by atoms with Gasteiger partial charge in [0.05, 0.1) is 16.1 Å². The number of nitrogen functional groups attached to an aromatic ring is 1. The van der Waals surface area contributed by atoms with Gasteiger partial charge in [-0.05, 0) is 81.7 Å². The molecule has 0 bridgehead atoms. The molecule has 198 valence electrons. The van der Waals surface area contributed by atoms with Gasteiger partial charge in [-0.1, -0.05) is 18.5 Å². The summed E-state index contributed by atoms with van der Waals surface area (Å²) in [5.74, 6) is 0.773. The normalized spacial score (nSPS) is 12.9. The molecule has 0 amide bonds. The SMILES string of the molecule is CCC(C)(O)CN(C)CCNc1nc(-c2ccc(NSc3cc(Cl)ccc3F)cc2)nc(N)c1C(C)=N. The zero-order valence-electron chi connectivity index (χ0n) is 21.4. The number of nitrogens with zero attached hydrogens (tertiary/aromatic N) is 3. The summed E-state index contributed by atoms with van der Waals surface area (Å²) < 4.78 is 17.1. The van der Waals surface area contributed by atoms with Gasteiger partial charge in [-0.2, -0.15) is 0 Å². The lowest BCUT2D eigenvalue weighted by Gasteiger charge is -2.28. The largest absolute Gasteiger partial charge is 0.389 e. The first kappa shape index (κ1) is 28.6. The molecule has 0 fully saturated rings. The molecule has 0 spiro atoms. The molecule has 0 aliphatic heterocycles. The third-order valence-electron chi connectivity index (χ3n) is 5.79. The molecule has 0 saturated carbocycles. The van der Waals surface area contributed by atoms with Crippen LogP contribution in [0.3, 0.4) is 0 Å². The summed E-state index contributed by atoms with van der Waals surface area (Å²) in [5, 5.41) is 22.2. The van der Waals surface area contributed by atoms with E-state index in [-0.39, 0.29) is 17.3 Å². The number of nitrogens with one attached hydrogen (secondary N) is 3. The molecule has 1 unspecified atom stereocenters. The van der Waals surface area contributed by atoms with Crippen LogP contribution in [0.15, 0.2) is 47.4 Å². The van der Waals surface area contributed by atoms with Gasteiger partial charge in [0.25, 0.3) is 0 Å². The van der Waals surface area contributed by atoms with E-state index in [4.69, 9.17) is 22.7 Å². The number of hydrogen-bond acceptors (Lipinski definition) is 9. The fourth-order valence-corrected chi connectivity index (χ4v) is 4.55. The van der Waals surface area contributed by atoms with Gasteiger partial charge in [0, 0.05) is 41.6 Å². The fourth-order valence-electron chi connectivity index (χ4n) is 3.60. The smallest absolute Gasteiger partial charge is 0.163 e. The van der Waals surface area contributed by atoms with E-state index < -0.39 is 5.60 Å². The van der Waals surface area contributed by atoms with Gasteiger partial charge in [0.1, 0.15) is 17.5 Å². The Balaban J connectivity index is 1.73. The Morgan fingerprint density at radius 2 is 1.95 bits per heavy atom. The maximum Gasteiger partial charge on any atom is 0.163 e. The first-order valence-electron chi connectivity index (χ1n) is 11.8. The van der Waals surface area contributed by atoms with Gasteiger partial charge in [0.2, 0.25) is 0 Å². The molecular formula is C26H33ClFN7OS. The number of likely N-dealkylation sites (N-methyl/N-ethyl adjacent to an activating group) is 1. The van der Waals surface area contributed by atoms with Crippen LogP contribution in [0.5, 0.6) is 0 Å². The Bertz CT molecular complexity index is 1240. The predicted octanol–water partition coefficient (Wildman–Crippen LogP) is 5.53. The maximum atomic E-state index is 14.0. The Morgan fingerprint density at radius 1 is 1.24 bits per heavy atom. The first-order chi connectivity index (χ1) is 17.5. The van der Waals surface area contributed by atoms with Crippen molar-refractivity contribution in [2.45, 2.75) is 37.7 Å². The topological polar surface area (TPSA) is 123 Å². The van der Waals surface area contributed by atoms with E-state index in [2.05, 4.69) is 20.0 Å². The van der Waals surface area contributed by atoms with Crippen LogP contribution < -0.4 is 15.8 Å². The summed E-state index contributed by atoms with van der Waals surface area (Å²) in [7, 11) is 1.95. The fraction of sp³-hybridized carbons (Fsp3) is 0.346. The Hall–Kier alpha value is -2.92. The van der Waals surface area contributed by atoms with Gasteiger partial charge in [0.15, 0.2) is 5.82 Å². The van der Waals surface area contributed by atoms with Crippen molar-refractivity contribution in [3.05, 3.63) is 58.9 Å². The summed E-state index contributed by atoms with van der Waals surface area (Å²) >= 11 is 7.09. The monoisotopic (exact) mass is 545 g/mol. The summed E-state index contributed by atoms with van der Waals surface area (Å²) in [6.45, 7) is 7.17. The summed E-state index contributed by atoms with van der Waals surface area (Å²) in [5.41, 5.74) is 7.70. The third-order valence-corrected chi connectivity index (χ3v) is 6.89. The average Bonchev–Trinajstić information content (AvgIpc) is 2.84. The number of nitrogens with two attached hydrogens (primary N) is 1. The highest BCUT2D eigenvalue weighted by Crippen LogP contribution is 2.29. The van der Waals surface area contributed by atoms with Crippen molar-refractivity contribution in [3.8, 4) is 11.4 Å². The zero-order valence-corrected chi connectivity index (χ0v) is 23.0. The predicted molar refractivity (Wildman–Crippen MR) is 152 cm³/mol. The molecule has 3 aromatic rings. The number of aliphatic hydroxyl groups is 1. The van der Waals surface area contributed by atoms with Gasteiger partial charge in [-0.3, -0.25) is 0 Å². The number of anilines is 3. The average molecular weight is 546 g/mol. The molecule has 8 nitrogen and oxygen atoms in total. The minimum Gasteiger partial charge on any atom is -0.389 e. The van der Waals surface area contributed by atoms with Crippen LogP contribution in [0.25, 0.3) is 11.4 Å². The molecule has 6 N–H and O–H groups in total. The standard InChI is InChI=1S/C26H33ClFN7OS/c1-5-26(3,36)15-35(4)13-12-31-25-22(16(2)29)23(30)32-24(33-25)17-6-9-19(10-7-17)34-37-21-14-18(27)8-11-20(21)28/h6-11,14,29,34,36H,5,12-13,15H2,1-4H3,(H3,30,31,32,33). The van der Waals surface area contributed by atoms with E-state index in [1.54, 1.807) is 13.0 Å². The van der Waals surface area contributed by atoms with Crippen LogP contribution in [0, 0.1) is 11.2 Å².